The number of rotatable bonds is 4. The van der Waals surface area contributed by atoms with Crippen LogP contribution >= 0.6 is 11.8 Å². The minimum Gasteiger partial charge on any atom is -0.330 e. The van der Waals surface area contributed by atoms with Gasteiger partial charge in [0.2, 0.25) is 0 Å². The van der Waals surface area contributed by atoms with Crippen LogP contribution < -0.4 is 5.73 Å². The third-order valence-corrected chi connectivity index (χ3v) is 2.27. The van der Waals surface area contributed by atoms with Crippen LogP contribution in [0.5, 0.6) is 0 Å². The van der Waals surface area contributed by atoms with Gasteiger partial charge >= 0.3 is 0 Å². The molecule has 0 saturated heterocycles. The van der Waals surface area contributed by atoms with Crippen molar-refractivity contribution < 1.29 is 0 Å². The van der Waals surface area contributed by atoms with Gasteiger partial charge in [-0.25, -0.2) is 0 Å². The predicted octanol–water partition coefficient (Wildman–Crippen LogP) is 1.64. The lowest BCUT2D eigenvalue weighted by Crippen LogP contribution is -2.01. The normalized spacial score (nSPS) is 12.1. The van der Waals surface area contributed by atoms with Gasteiger partial charge < -0.3 is 5.73 Å². The summed E-state index contributed by atoms with van der Waals surface area (Å²) in [4.78, 5) is 0. The molecule has 0 fully saturated rings. The Labute approximate surface area is 61.7 Å². The van der Waals surface area contributed by atoms with Crippen LogP contribution in [0.4, 0.5) is 0 Å². The molecule has 0 aliphatic heterocycles. The maximum Gasteiger partial charge on any atom is 0.0140 e. The average molecular weight is 145 g/mol. The second-order valence-electron chi connectivity index (χ2n) is 1.98. The summed E-state index contributed by atoms with van der Waals surface area (Å²) in [5.41, 5.74) is 6.75. The SMILES string of the molecule is CC=C(C)CSCCN. The van der Waals surface area contributed by atoms with E-state index >= 15 is 0 Å². The van der Waals surface area contributed by atoms with Gasteiger partial charge in [-0.05, 0) is 13.8 Å². The molecular formula is C7H15NS. The summed E-state index contributed by atoms with van der Waals surface area (Å²) in [5.74, 6) is 2.21. The number of allylic oxidation sites excluding steroid dienone is 1. The molecular weight excluding hydrogens is 130 g/mol. The zero-order chi connectivity index (χ0) is 7.11. The highest BCUT2D eigenvalue weighted by Crippen LogP contribution is 2.04. The molecule has 0 saturated carbocycles. The van der Waals surface area contributed by atoms with Crippen molar-refractivity contribution in [3.8, 4) is 0 Å². The molecule has 0 bridgehead atoms. The lowest BCUT2D eigenvalue weighted by molar-refractivity contribution is 1.15. The van der Waals surface area contributed by atoms with Crippen LogP contribution in [0.2, 0.25) is 0 Å². The fourth-order valence-corrected chi connectivity index (χ4v) is 1.20. The highest BCUT2D eigenvalue weighted by atomic mass is 32.2. The largest absolute Gasteiger partial charge is 0.330 e. The summed E-state index contributed by atoms with van der Waals surface area (Å²) in [5, 5.41) is 0. The van der Waals surface area contributed by atoms with E-state index in [0.717, 1.165) is 18.1 Å². The van der Waals surface area contributed by atoms with Crippen molar-refractivity contribution in [3.05, 3.63) is 11.6 Å². The fourth-order valence-electron chi connectivity index (χ4n) is 0.400. The predicted molar refractivity (Wildman–Crippen MR) is 45.8 cm³/mol. The quantitative estimate of drug-likeness (QED) is 0.481. The van der Waals surface area contributed by atoms with Crippen LogP contribution in [-0.2, 0) is 0 Å². The molecule has 9 heavy (non-hydrogen) atoms. The van der Waals surface area contributed by atoms with Crippen molar-refractivity contribution in [2.45, 2.75) is 13.8 Å². The molecule has 0 radical (unpaired) electrons. The molecule has 0 amide bonds. The van der Waals surface area contributed by atoms with Crippen LogP contribution in [0.1, 0.15) is 13.8 Å². The Morgan fingerprint density at radius 1 is 1.67 bits per heavy atom. The van der Waals surface area contributed by atoms with Crippen molar-refractivity contribution in [3.63, 3.8) is 0 Å². The third kappa shape index (κ3) is 5.93. The van der Waals surface area contributed by atoms with Crippen molar-refractivity contribution in [1.29, 1.82) is 0 Å². The van der Waals surface area contributed by atoms with Gasteiger partial charge in [-0.1, -0.05) is 11.6 Å². The number of thioether (sulfide) groups is 1. The van der Waals surface area contributed by atoms with Crippen molar-refractivity contribution in [2.24, 2.45) is 5.73 Å². The molecule has 0 aromatic rings. The summed E-state index contributed by atoms with van der Waals surface area (Å²) in [6.07, 6.45) is 2.14. The molecule has 0 aromatic carbocycles. The van der Waals surface area contributed by atoms with Gasteiger partial charge in [0.25, 0.3) is 0 Å². The molecule has 0 rings (SSSR count). The number of hydrogen-bond donors (Lipinski definition) is 1. The zero-order valence-corrected chi connectivity index (χ0v) is 7.00. The molecule has 0 heterocycles. The summed E-state index contributed by atoms with van der Waals surface area (Å²) < 4.78 is 0. The van der Waals surface area contributed by atoms with Crippen molar-refractivity contribution >= 4 is 11.8 Å². The van der Waals surface area contributed by atoms with E-state index in [1.54, 1.807) is 0 Å². The van der Waals surface area contributed by atoms with E-state index in [1.807, 2.05) is 11.8 Å². The summed E-state index contributed by atoms with van der Waals surface area (Å²) in [6.45, 7) is 5.00. The van der Waals surface area contributed by atoms with Crippen LogP contribution in [0, 0.1) is 0 Å². The standard InChI is InChI=1S/C7H15NS/c1-3-7(2)6-9-5-4-8/h3H,4-6,8H2,1-2H3. The molecule has 54 valence electrons. The minimum absolute atomic E-state index is 0.793. The average Bonchev–Trinajstić information content (AvgIpc) is 1.89. The van der Waals surface area contributed by atoms with E-state index in [9.17, 15) is 0 Å². The Morgan fingerprint density at radius 3 is 2.78 bits per heavy atom. The number of nitrogens with two attached hydrogens (primary N) is 1. The monoisotopic (exact) mass is 145 g/mol. The zero-order valence-electron chi connectivity index (χ0n) is 6.18. The van der Waals surface area contributed by atoms with Gasteiger partial charge in [0.1, 0.15) is 0 Å². The van der Waals surface area contributed by atoms with Crippen LogP contribution in [0.15, 0.2) is 11.6 Å². The summed E-state index contributed by atoms with van der Waals surface area (Å²) in [7, 11) is 0. The minimum atomic E-state index is 0.793. The topological polar surface area (TPSA) is 26.0 Å². The van der Waals surface area contributed by atoms with E-state index in [-0.39, 0.29) is 0 Å². The smallest absolute Gasteiger partial charge is 0.0140 e. The van der Waals surface area contributed by atoms with Gasteiger partial charge in [-0.3, -0.25) is 0 Å². The Morgan fingerprint density at radius 2 is 2.33 bits per heavy atom. The summed E-state index contributed by atoms with van der Waals surface area (Å²) >= 11 is 1.89. The highest BCUT2D eigenvalue weighted by Gasteiger charge is 1.86. The molecule has 0 unspecified atom stereocenters. The van der Waals surface area contributed by atoms with Crippen molar-refractivity contribution in [2.75, 3.05) is 18.1 Å². The third-order valence-electron chi connectivity index (χ3n) is 1.08. The van der Waals surface area contributed by atoms with Gasteiger partial charge in [0.05, 0.1) is 0 Å². The van der Waals surface area contributed by atoms with Crippen LogP contribution in [0.3, 0.4) is 0 Å². The van der Waals surface area contributed by atoms with E-state index in [1.165, 1.54) is 5.57 Å². The van der Waals surface area contributed by atoms with Gasteiger partial charge in [0, 0.05) is 18.1 Å². The molecule has 0 spiro atoms. The van der Waals surface area contributed by atoms with Gasteiger partial charge in [-0.2, -0.15) is 11.8 Å². The maximum absolute atomic E-state index is 5.32. The summed E-state index contributed by atoms with van der Waals surface area (Å²) in [6, 6.07) is 0. The first-order valence-electron chi connectivity index (χ1n) is 3.21. The maximum atomic E-state index is 5.32. The fraction of sp³-hybridized carbons (Fsp3) is 0.714. The van der Waals surface area contributed by atoms with E-state index in [2.05, 4.69) is 19.9 Å². The molecule has 1 nitrogen and oxygen atoms in total. The Hall–Kier alpha value is 0.0500. The molecule has 0 aliphatic rings. The lowest BCUT2D eigenvalue weighted by atomic mass is 10.3. The first kappa shape index (κ1) is 9.05. The highest BCUT2D eigenvalue weighted by molar-refractivity contribution is 7.99. The molecule has 2 heteroatoms. The first-order chi connectivity index (χ1) is 4.31. The first-order valence-corrected chi connectivity index (χ1v) is 4.36. The van der Waals surface area contributed by atoms with Crippen LogP contribution in [0.25, 0.3) is 0 Å². The van der Waals surface area contributed by atoms with E-state index < -0.39 is 0 Å². The Bertz CT molecular complexity index is 88.9. The lowest BCUT2D eigenvalue weighted by Gasteiger charge is -1.97. The molecule has 0 aliphatic carbocycles. The Kier molecular flexibility index (Phi) is 6.21. The van der Waals surface area contributed by atoms with Crippen LogP contribution in [-0.4, -0.2) is 18.1 Å². The van der Waals surface area contributed by atoms with E-state index in [4.69, 9.17) is 5.73 Å². The van der Waals surface area contributed by atoms with Gasteiger partial charge in [-0.15, -0.1) is 0 Å². The Balaban J connectivity index is 3.07. The van der Waals surface area contributed by atoms with Crippen molar-refractivity contribution in [1.82, 2.24) is 0 Å². The second-order valence-corrected chi connectivity index (χ2v) is 3.08. The van der Waals surface area contributed by atoms with Gasteiger partial charge in [0.15, 0.2) is 0 Å². The second kappa shape index (κ2) is 6.17. The number of hydrogen-bond acceptors (Lipinski definition) is 2. The molecule has 2 N–H and O–H groups in total. The molecule has 0 aromatic heterocycles. The molecule has 0 atom stereocenters. The van der Waals surface area contributed by atoms with E-state index in [0.29, 0.717) is 0 Å².